The quantitative estimate of drug-likeness (QED) is 0.305. The maximum atomic E-state index is 13.9. The number of halogens is 2. The third kappa shape index (κ3) is 7.62. The molecule has 1 aliphatic carbocycles. The Morgan fingerprint density at radius 1 is 1.18 bits per heavy atom. The molecule has 4 N–H and O–H groups in total. The van der Waals surface area contributed by atoms with Crippen LogP contribution in [0.4, 0.5) is 10.5 Å². The average Bonchev–Trinajstić information content (AvgIpc) is 3.26. The normalized spacial score (nSPS) is 18.2. The molecule has 2 aromatic carbocycles. The van der Waals surface area contributed by atoms with Crippen LogP contribution in [0.3, 0.4) is 0 Å². The molecule has 1 aliphatic rings. The number of nitrogens with two attached hydrogens (primary N) is 1. The summed E-state index contributed by atoms with van der Waals surface area (Å²) in [4.78, 5) is 40.9. The fourth-order valence-corrected chi connectivity index (χ4v) is 5.63. The highest BCUT2D eigenvalue weighted by atomic mass is 79.9. The summed E-state index contributed by atoms with van der Waals surface area (Å²) in [6, 6.07) is 11.8. The van der Waals surface area contributed by atoms with Gasteiger partial charge in [0.1, 0.15) is 10.8 Å². The van der Waals surface area contributed by atoms with Crippen molar-refractivity contribution < 1.29 is 19.1 Å². The van der Waals surface area contributed by atoms with Crippen LogP contribution in [0.1, 0.15) is 52.0 Å². The van der Waals surface area contributed by atoms with Crippen LogP contribution in [-0.4, -0.2) is 46.3 Å². The standard InChI is InChI=1S/C29H35BrClN5O4/c1-29(2,3)40-28(39)33-16-17-7-9-19(10-8-17)26(37)36(21-11-12-22-24(15-21)34-35-25(22)31)27(38)23(32)14-18-5-4-6-20(30)13-18/h4-6,11-13,15,17,19,23H,7-10,14,16,32H2,1-3H3,(H,33,39)(H,34,35)/t17?,19?,23-/m0/s1. The van der Waals surface area contributed by atoms with E-state index >= 15 is 0 Å². The predicted molar refractivity (Wildman–Crippen MR) is 159 cm³/mol. The van der Waals surface area contributed by atoms with E-state index in [-0.39, 0.29) is 24.2 Å². The SMILES string of the molecule is CC(C)(C)OC(=O)NCC1CCC(C(=O)N(C(=O)[C@@H](N)Cc2cccc(Br)c2)c2ccc3c(Cl)[nH]nc3c2)CC1. The summed E-state index contributed by atoms with van der Waals surface area (Å²) in [6.07, 6.45) is 2.51. The first-order valence-electron chi connectivity index (χ1n) is 13.4. The van der Waals surface area contributed by atoms with E-state index in [9.17, 15) is 14.4 Å². The second-order valence-electron chi connectivity index (χ2n) is 11.3. The summed E-state index contributed by atoms with van der Waals surface area (Å²) in [5.74, 6) is -0.880. The van der Waals surface area contributed by atoms with Gasteiger partial charge in [-0.25, -0.2) is 9.69 Å². The molecule has 0 unspecified atom stereocenters. The smallest absolute Gasteiger partial charge is 0.407 e. The molecule has 1 atom stereocenters. The summed E-state index contributed by atoms with van der Waals surface area (Å²) in [6.45, 7) is 5.94. The van der Waals surface area contributed by atoms with Crippen LogP contribution in [0, 0.1) is 11.8 Å². The summed E-state index contributed by atoms with van der Waals surface area (Å²) < 4.78 is 6.21. The summed E-state index contributed by atoms with van der Waals surface area (Å²) in [7, 11) is 0. The number of carbonyl (C=O) groups excluding carboxylic acids is 3. The third-order valence-corrected chi connectivity index (χ3v) is 7.76. The molecule has 3 amide bonds. The van der Waals surface area contributed by atoms with E-state index in [4.69, 9.17) is 22.1 Å². The Morgan fingerprint density at radius 3 is 2.58 bits per heavy atom. The second-order valence-corrected chi connectivity index (χ2v) is 12.6. The number of nitrogens with zero attached hydrogens (tertiary/aromatic N) is 2. The van der Waals surface area contributed by atoms with E-state index in [0.717, 1.165) is 22.9 Å². The van der Waals surface area contributed by atoms with Crippen molar-refractivity contribution in [3.8, 4) is 0 Å². The molecule has 0 saturated heterocycles. The molecular formula is C29H35BrClN5O4. The lowest BCUT2D eigenvalue weighted by atomic mass is 9.81. The highest BCUT2D eigenvalue weighted by Crippen LogP contribution is 2.33. The van der Waals surface area contributed by atoms with E-state index in [1.165, 1.54) is 4.90 Å². The number of benzene rings is 2. The number of rotatable bonds is 7. The number of alkyl carbamates (subject to hydrolysis) is 1. The molecule has 40 heavy (non-hydrogen) atoms. The van der Waals surface area contributed by atoms with Gasteiger partial charge >= 0.3 is 6.09 Å². The molecule has 3 aromatic rings. The Hall–Kier alpha value is -2.95. The number of H-pyrrole nitrogens is 1. The van der Waals surface area contributed by atoms with Gasteiger partial charge in [-0.05, 0) is 94.7 Å². The van der Waals surface area contributed by atoms with Gasteiger partial charge in [0.15, 0.2) is 0 Å². The van der Waals surface area contributed by atoms with Crippen LogP contribution in [0.15, 0.2) is 46.9 Å². The monoisotopic (exact) mass is 631 g/mol. The largest absolute Gasteiger partial charge is 0.444 e. The van der Waals surface area contributed by atoms with Gasteiger partial charge in [-0.2, -0.15) is 5.10 Å². The Balaban J connectivity index is 1.48. The fraction of sp³-hybridized carbons (Fsp3) is 0.448. The Bertz CT molecular complexity index is 1380. The molecule has 11 heteroatoms. The Morgan fingerprint density at radius 2 is 1.90 bits per heavy atom. The summed E-state index contributed by atoms with van der Waals surface area (Å²) in [5, 5.41) is 10.8. The van der Waals surface area contributed by atoms with E-state index in [1.807, 2.05) is 45.0 Å². The minimum atomic E-state index is -0.925. The molecular weight excluding hydrogens is 598 g/mol. The lowest BCUT2D eigenvalue weighted by Crippen LogP contribution is -2.50. The number of aromatic nitrogens is 2. The maximum Gasteiger partial charge on any atom is 0.407 e. The van der Waals surface area contributed by atoms with Gasteiger partial charge < -0.3 is 15.8 Å². The van der Waals surface area contributed by atoms with Gasteiger partial charge in [-0.1, -0.05) is 39.7 Å². The van der Waals surface area contributed by atoms with E-state index in [2.05, 4.69) is 31.4 Å². The van der Waals surface area contributed by atoms with Crippen molar-refractivity contribution in [3.05, 3.63) is 57.7 Å². The summed E-state index contributed by atoms with van der Waals surface area (Å²) >= 11 is 9.62. The maximum absolute atomic E-state index is 13.9. The minimum absolute atomic E-state index is 0.224. The van der Waals surface area contributed by atoms with Crippen LogP contribution in [-0.2, 0) is 20.7 Å². The van der Waals surface area contributed by atoms with Gasteiger partial charge in [0, 0.05) is 22.3 Å². The lowest BCUT2D eigenvalue weighted by Gasteiger charge is -2.32. The van der Waals surface area contributed by atoms with Crippen molar-refractivity contribution >= 4 is 62.0 Å². The van der Waals surface area contributed by atoms with Crippen LogP contribution < -0.4 is 16.0 Å². The van der Waals surface area contributed by atoms with Gasteiger partial charge in [0.25, 0.3) is 5.91 Å². The Labute approximate surface area is 247 Å². The number of nitrogens with one attached hydrogen (secondary N) is 2. The third-order valence-electron chi connectivity index (χ3n) is 6.98. The van der Waals surface area contributed by atoms with Gasteiger partial charge in [-0.15, -0.1) is 0 Å². The van der Waals surface area contributed by atoms with Crippen LogP contribution in [0.25, 0.3) is 10.9 Å². The van der Waals surface area contributed by atoms with Gasteiger partial charge in [0.05, 0.1) is 17.2 Å². The second kappa shape index (κ2) is 12.7. The molecule has 1 aromatic heterocycles. The topological polar surface area (TPSA) is 130 Å². The minimum Gasteiger partial charge on any atom is -0.444 e. The summed E-state index contributed by atoms with van der Waals surface area (Å²) in [5.41, 5.74) is 7.68. The zero-order valence-electron chi connectivity index (χ0n) is 22.9. The average molecular weight is 633 g/mol. The molecule has 4 rings (SSSR count). The first-order valence-corrected chi connectivity index (χ1v) is 14.6. The van der Waals surface area contributed by atoms with Gasteiger partial charge in [0.2, 0.25) is 5.91 Å². The van der Waals surface area contributed by atoms with Crippen molar-refractivity contribution in [2.45, 2.75) is 64.5 Å². The molecule has 214 valence electrons. The number of ether oxygens (including phenoxy) is 1. The number of anilines is 1. The van der Waals surface area contributed by atoms with Crippen molar-refractivity contribution in [3.63, 3.8) is 0 Å². The molecule has 0 bridgehead atoms. The fourth-order valence-electron chi connectivity index (χ4n) is 4.98. The number of imide groups is 1. The molecule has 0 radical (unpaired) electrons. The van der Waals surface area contributed by atoms with Crippen molar-refractivity contribution in [2.75, 3.05) is 11.4 Å². The first kappa shape index (κ1) is 30.0. The van der Waals surface area contributed by atoms with Crippen molar-refractivity contribution in [1.29, 1.82) is 0 Å². The van der Waals surface area contributed by atoms with E-state index in [1.54, 1.807) is 18.2 Å². The highest BCUT2D eigenvalue weighted by molar-refractivity contribution is 9.10. The first-order chi connectivity index (χ1) is 18.9. The molecule has 0 spiro atoms. The van der Waals surface area contributed by atoms with Crippen molar-refractivity contribution in [2.24, 2.45) is 17.6 Å². The van der Waals surface area contributed by atoms with Crippen LogP contribution >= 0.6 is 27.5 Å². The number of amides is 3. The zero-order chi connectivity index (χ0) is 29.0. The number of hydrogen-bond donors (Lipinski definition) is 3. The number of aromatic amines is 1. The van der Waals surface area contributed by atoms with E-state index in [0.29, 0.717) is 41.1 Å². The molecule has 9 nitrogen and oxygen atoms in total. The molecule has 0 aliphatic heterocycles. The number of fused-ring (bicyclic) bond motifs is 1. The van der Waals surface area contributed by atoms with Crippen molar-refractivity contribution in [1.82, 2.24) is 15.5 Å². The molecule has 1 heterocycles. The zero-order valence-corrected chi connectivity index (χ0v) is 25.2. The highest BCUT2D eigenvalue weighted by Gasteiger charge is 2.35. The lowest BCUT2D eigenvalue weighted by molar-refractivity contribution is -0.130. The van der Waals surface area contributed by atoms with Gasteiger partial charge in [-0.3, -0.25) is 14.7 Å². The molecule has 1 fully saturated rings. The van der Waals surface area contributed by atoms with Crippen LogP contribution in [0.5, 0.6) is 0 Å². The molecule has 1 saturated carbocycles. The predicted octanol–water partition coefficient (Wildman–Crippen LogP) is 5.74. The Kier molecular flexibility index (Phi) is 9.53. The van der Waals surface area contributed by atoms with E-state index < -0.39 is 23.6 Å². The number of hydrogen-bond acceptors (Lipinski definition) is 6. The van der Waals surface area contributed by atoms with Crippen LogP contribution in [0.2, 0.25) is 5.15 Å². The number of carbonyl (C=O) groups is 3.